The number of hydrogen-bond donors (Lipinski definition) is 1. The standard InChI is InChI=1S/C12H12Cl2N4OS/c1-2-18-11(8-4-3-7(13)5-9(8)14)16-17-12(18)20-6-10(15)19/h3-5H,2,6H2,1H3,(H2,15,19). The van der Waals surface area contributed by atoms with E-state index in [2.05, 4.69) is 10.2 Å². The monoisotopic (exact) mass is 330 g/mol. The topological polar surface area (TPSA) is 73.8 Å². The maximum absolute atomic E-state index is 10.8. The van der Waals surface area contributed by atoms with E-state index in [0.717, 1.165) is 5.56 Å². The van der Waals surface area contributed by atoms with Crippen LogP contribution < -0.4 is 5.73 Å². The second kappa shape index (κ2) is 6.47. The average molecular weight is 331 g/mol. The molecule has 0 atom stereocenters. The number of amides is 1. The Morgan fingerprint density at radius 2 is 2.15 bits per heavy atom. The Morgan fingerprint density at radius 1 is 1.40 bits per heavy atom. The molecule has 1 aromatic heterocycles. The van der Waals surface area contributed by atoms with E-state index >= 15 is 0 Å². The summed E-state index contributed by atoms with van der Waals surface area (Å²) >= 11 is 13.3. The Labute approximate surface area is 130 Å². The van der Waals surface area contributed by atoms with Gasteiger partial charge in [0.15, 0.2) is 11.0 Å². The largest absolute Gasteiger partial charge is 0.369 e. The van der Waals surface area contributed by atoms with Gasteiger partial charge in [-0.2, -0.15) is 0 Å². The molecule has 1 heterocycles. The number of halogens is 2. The molecule has 106 valence electrons. The van der Waals surface area contributed by atoms with Crippen molar-refractivity contribution in [2.45, 2.75) is 18.6 Å². The van der Waals surface area contributed by atoms with Gasteiger partial charge in [-0.15, -0.1) is 10.2 Å². The van der Waals surface area contributed by atoms with Gasteiger partial charge >= 0.3 is 0 Å². The van der Waals surface area contributed by atoms with Crippen LogP contribution in [0.5, 0.6) is 0 Å². The third kappa shape index (κ3) is 3.26. The molecule has 0 radical (unpaired) electrons. The van der Waals surface area contributed by atoms with E-state index in [1.807, 2.05) is 11.5 Å². The van der Waals surface area contributed by atoms with Gasteiger partial charge in [0, 0.05) is 17.1 Å². The van der Waals surface area contributed by atoms with Crippen molar-refractivity contribution in [1.29, 1.82) is 0 Å². The lowest BCUT2D eigenvalue weighted by molar-refractivity contribution is -0.115. The molecule has 0 aliphatic heterocycles. The summed E-state index contributed by atoms with van der Waals surface area (Å²) in [5, 5.41) is 9.91. The summed E-state index contributed by atoms with van der Waals surface area (Å²) in [4.78, 5) is 10.8. The van der Waals surface area contributed by atoms with E-state index in [0.29, 0.717) is 27.6 Å². The van der Waals surface area contributed by atoms with Crippen LogP contribution in [0.1, 0.15) is 6.92 Å². The lowest BCUT2D eigenvalue weighted by Gasteiger charge is -2.08. The number of benzene rings is 1. The molecule has 1 aromatic carbocycles. The first-order valence-electron chi connectivity index (χ1n) is 5.82. The molecule has 2 aromatic rings. The SMILES string of the molecule is CCn1c(SCC(N)=O)nnc1-c1ccc(Cl)cc1Cl. The third-order valence-electron chi connectivity index (χ3n) is 2.55. The van der Waals surface area contributed by atoms with Crippen molar-refractivity contribution in [3.05, 3.63) is 28.2 Å². The van der Waals surface area contributed by atoms with Gasteiger partial charge in [0.1, 0.15) is 0 Å². The molecule has 1 amide bonds. The summed E-state index contributed by atoms with van der Waals surface area (Å²) in [6.45, 7) is 2.62. The Hall–Kier alpha value is -1.24. The summed E-state index contributed by atoms with van der Waals surface area (Å²) in [5.74, 6) is 0.403. The lowest BCUT2D eigenvalue weighted by atomic mass is 10.2. The van der Waals surface area contributed by atoms with Crippen LogP contribution in [0.25, 0.3) is 11.4 Å². The highest BCUT2D eigenvalue weighted by Gasteiger charge is 2.16. The number of thioether (sulfide) groups is 1. The number of hydrogen-bond acceptors (Lipinski definition) is 4. The molecule has 2 N–H and O–H groups in total. The fourth-order valence-corrected chi connectivity index (χ4v) is 2.92. The molecule has 5 nitrogen and oxygen atoms in total. The van der Waals surface area contributed by atoms with Gasteiger partial charge < -0.3 is 10.3 Å². The van der Waals surface area contributed by atoms with Crippen LogP contribution in [0.15, 0.2) is 23.4 Å². The van der Waals surface area contributed by atoms with E-state index in [9.17, 15) is 4.79 Å². The molecule has 0 aliphatic rings. The van der Waals surface area contributed by atoms with Gasteiger partial charge in [-0.3, -0.25) is 4.79 Å². The molecule has 0 aliphatic carbocycles. The summed E-state index contributed by atoms with van der Waals surface area (Å²) in [5.41, 5.74) is 5.88. The maximum atomic E-state index is 10.8. The molecule has 20 heavy (non-hydrogen) atoms. The second-order valence-electron chi connectivity index (χ2n) is 3.93. The van der Waals surface area contributed by atoms with Crippen molar-refractivity contribution in [3.63, 3.8) is 0 Å². The van der Waals surface area contributed by atoms with Crippen molar-refractivity contribution in [2.24, 2.45) is 5.73 Å². The van der Waals surface area contributed by atoms with Gasteiger partial charge in [0.25, 0.3) is 0 Å². The molecule has 0 saturated heterocycles. The number of carbonyl (C=O) groups excluding carboxylic acids is 1. The minimum atomic E-state index is -0.397. The van der Waals surface area contributed by atoms with Crippen LogP contribution in [0.2, 0.25) is 10.0 Å². The fourth-order valence-electron chi connectivity index (χ4n) is 1.69. The molecule has 2 rings (SSSR count). The quantitative estimate of drug-likeness (QED) is 0.855. The molecule has 8 heteroatoms. The smallest absolute Gasteiger partial charge is 0.227 e. The number of carbonyl (C=O) groups is 1. The van der Waals surface area contributed by atoms with Crippen molar-refractivity contribution in [2.75, 3.05) is 5.75 Å². The Morgan fingerprint density at radius 3 is 2.75 bits per heavy atom. The Balaban J connectivity index is 2.39. The van der Waals surface area contributed by atoms with E-state index < -0.39 is 5.91 Å². The summed E-state index contributed by atoms with van der Waals surface area (Å²) < 4.78 is 1.88. The first kappa shape index (κ1) is 15.2. The Bertz CT molecular complexity index is 644. The lowest BCUT2D eigenvalue weighted by Crippen LogP contribution is -2.13. The van der Waals surface area contributed by atoms with Crippen molar-refractivity contribution in [1.82, 2.24) is 14.8 Å². The van der Waals surface area contributed by atoms with Gasteiger partial charge in [-0.1, -0.05) is 35.0 Å². The minimum Gasteiger partial charge on any atom is -0.369 e. The first-order valence-corrected chi connectivity index (χ1v) is 7.56. The van der Waals surface area contributed by atoms with E-state index in [1.54, 1.807) is 18.2 Å². The van der Waals surface area contributed by atoms with E-state index in [1.165, 1.54) is 11.8 Å². The predicted octanol–water partition coefficient (Wildman–Crippen LogP) is 2.85. The van der Waals surface area contributed by atoms with Crippen molar-refractivity contribution < 1.29 is 4.79 Å². The molecule has 0 fully saturated rings. The predicted molar refractivity (Wildman–Crippen MR) is 81.1 cm³/mol. The highest BCUT2D eigenvalue weighted by atomic mass is 35.5. The number of rotatable bonds is 5. The van der Waals surface area contributed by atoms with Gasteiger partial charge in [-0.05, 0) is 25.1 Å². The molecular formula is C12H12Cl2N4OS. The highest BCUT2D eigenvalue weighted by Crippen LogP contribution is 2.31. The molecular weight excluding hydrogens is 319 g/mol. The average Bonchev–Trinajstić information content (AvgIpc) is 2.79. The molecule has 0 saturated carbocycles. The summed E-state index contributed by atoms with van der Waals surface area (Å²) in [7, 11) is 0. The van der Waals surface area contributed by atoms with Crippen LogP contribution in [-0.2, 0) is 11.3 Å². The number of aromatic nitrogens is 3. The van der Waals surface area contributed by atoms with Crippen LogP contribution in [0, 0.1) is 0 Å². The molecule has 0 unspecified atom stereocenters. The van der Waals surface area contributed by atoms with Gasteiger partial charge in [-0.25, -0.2) is 0 Å². The first-order chi connectivity index (χ1) is 9.52. The number of nitrogens with two attached hydrogens (primary N) is 1. The van der Waals surface area contributed by atoms with Crippen LogP contribution in [0.4, 0.5) is 0 Å². The third-order valence-corrected chi connectivity index (χ3v) is 4.09. The van der Waals surface area contributed by atoms with Crippen LogP contribution in [-0.4, -0.2) is 26.4 Å². The summed E-state index contributed by atoms with van der Waals surface area (Å²) in [6.07, 6.45) is 0. The number of nitrogens with zero attached hydrogens (tertiary/aromatic N) is 3. The second-order valence-corrected chi connectivity index (χ2v) is 5.72. The van der Waals surface area contributed by atoms with Crippen molar-refractivity contribution in [3.8, 4) is 11.4 Å². The fraction of sp³-hybridized carbons (Fsp3) is 0.250. The molecule has 0 spiro atoms. The zero-order valence-corrected chi connectivity index (χ0v) is 13.0. The normalized spacial score (nSPS) is 10.8. The summed E-state index contributed by atoms with van der Waals surface area (Å²) in [6, 6.07) is 5.19. The highest BCUT2D eigenvalue weighted by molar-refractivity contribution is 7.99. The van der Waals surface area contributed by atoms with Crippen LogP contribution in [0.3, 0.4) is 0 Å². The Kier molecular flexibility index (Phi) is 4.91. The molecule has 0 bridgehead atoms. The maximum Gasteiger partial charge on any atom is 0.227 e. The van der Waals surface area contributed by atoms with Gasteiger partial charge in [0.2, 0.25) is 5.91 Å². The van der Waals surface area contributed by atoms with Gasteiger partial charge in [0.05, 0.1) is 10.8 Å². The minimum absolute atomic E-state index is 0.159. The van der Waals surface area contributed by atoms with E-state index in [4.69, 9.17) is 28.9 Å². The van der Waals surface area contributed by atoms with Crippen LogP contribution >= 0.6 is 35.0 Å². The van der Waals surface area contributed by atoms with E-state index in [-0.39, 0.29) is 5.75 Å². The van der Waals surface area contributed by atoms with Crippen molar-refractivity contribution >= 4 is 40.9 Å². The zero-order chi connectivity index (χ0) is 14.7. The number of primary amides is 1. The zero-order valence-electron chi connectivity index (χ0n) is 10.6.